The average molecular weight is 465 g/mol. The van der Waals surface area contributed by atoms with E-state index in [4.69, 9.17) is 4.74 Å². The third-order valence-corrected chi connectivity index (χ3v) is 7.01. The Labute approximate surface area is 202 Å². The van der Waals surface area contributed by atoms with Crippen molar-refractivity contribution >= 4 is 17.7 Å². The highest BCUT2D eigenvalue weighted by atomic mass is 32.2. The summed E-state index contributed by atoms with van der Waals surface area (Å²) in [6.07, 6.45) is 8.83. The topological polar surface area (TPSA) is 46.5 Å². The summed E-state index contributed by atoms with van der Waals surface area (Å²) in [5.41, 5.74) is 2.63. The molecule has 0 saturated carbocycles. The maximum Gasteiger partial charge on any atom is 0.306 e. The SMILES string of the molecule is CCCCCCCCSCC(C)OC(=O)CCc1cc(C(C)(C)C)c(O)c(C(C)(C)C)c1. The Balaban J connectivity index is 2.53. The number of carbonyl (C=O) groups is 1. The smallest absolute Gasteiger partial charge is 0.306 e. The van der Waals surface area contributed by atoms with Gasteiger partial charge in [-0.1, -0.05) is 92.7 Å². The van der Waals surface area contributed by atoms with Crippen molar-refractivity contribution in [2.45, 2.75) is 124 Å². The normalized spacial score (nSPS) is 13.2. The minimum absolute atomic E-state index is 0.0531. The first-order valence-corrected chi connectivity index (χ1v) is 13.7. The van der Waals surface area contributed by atoms with Gasteiger partial charge in [0.1, 0.15) is 11.9 Å². The van der Waals surface area contributed by atoms with E-state index in [9.17, 15) is 9.90 Å². The zero-order chi connectivity index (χ0) is 24.4. The molecule has 4 heteroatoms. The van der Waals surface area contributed by atoms with Gasteiger partial charge in [0.25, 0.3) is 0 Å². The fourth-order valence-electron chi connectivity index (χ4n) is 3.78. The number of carbonyl (C=O) groups excluding carboxylic acids is 1. The third kappa shape index (κ3) is 10.6. The first-order chi connectivity index (χ1) is 14.9. The van der Waals surface area contributed by atoms with Gasteiger partial charge in [-0.3, -0.25) is 4.79 Å². The van der Waals surface area contributed by atoms with Crippen LogP contribution in [0.25, 0.3) is 0 Å². The Kier molecular flexibility index (Phi) is 12.2. The predicted molar refractivity (Wildman–Crippen MR) is 140 cm³/mol. The van der Waals surface area contributed by atoms with E-state index in [0.29, 0.717) is 18.6 Å². The summed E-state index contributed by atoms with van der Waals surface area (Å²) in [5.74, 6) is 2.25. The van der Waals surface area contributed by atoms with Crippen molar-refractivity contribution in [3.63, 3.8) is 0 Å². The van der Waals surface area contributed by atoms with E-state index < -0.39 is 0 Å². The van der Waals surface area contributed by atoms with E-state index in [1.807, 2.05) is 18.7 Å². The molecule has 0 bridgehead atoms. The molecule has 0 aliphatic rings. The van der Waals surface area contributed by atoms with Crippen LogP contribution in [0.2, 0.25) is 0 Å². The fraction of sp³-hybridized carbons (Fsp3) is 0.750. The van der Waals surface area contributed by atoms with Gasteiger partial charge in [0.2, 0.25) is 0 Å². The molecule has 1 atom stereocenters. The summed E-state index contributed by atoms with van der Waals surface area (Å²) in [5, 5.41) is 10.9. The molecule has 1 rings (SSSR count). The molecule has 1 aromatic rings. The van der Waals surface area contributed by atoms with Crippen molar-refractivity contribution in [1.82, 2.24) is 0 Å². The number of phenolic OH excluding ortho intramolecular Hbond substituents is 1. The standard InChI is InChI=1S/C28H48O3S/c1-9-10-11-12-13-14-17-32-20-21(2)31-25(29)16-15-22-18-23(27(3,4)5)26(30)24(19-22)28(6,7)8/h18-19,21,30H,9-17,20H2,1-8H3. The number of aromatic hydroxyl groups is 1. The van der Waals surface area contributed by atoms with Crippen molar-refractivity contribution in [3.8, 4) is 5.75 Å². The molecule has 32 heavy (non-hydrogen) atoms. The highest BCUT2D eigenvalue weighted by molar-refractivity contribution is 7.99. The first kappa shape index (κ1) is 28.9. The van der Waals surface area contributed by atoms with Gasteiger partial charge in [-0.05, 0) is 53.0 Å². The van der Waals surface area contributed by atoms with Gasteiger partial charge in [-0.2, -0.15) is 11.8 Å². The van der Waals surface area contributed by atoms with Gasteiger partial charge in [0, 0.05) is 12.2 Å². The Hall–Kier alpha value is -1.16. The number of ether oxygens (including phenoxy) is 1. The van der Waals surface area contributed by atoms with Crippen LogP contribution in [-0.2, 0) is 26.8 Å². The van der Waals surface area contributed by atoms with Gasteiger partial charge in [-0.25, -0.2) is 0 Å². The second-order valence-corrected chi connectivity index (χ2v) is 12.3. The molecule has 184 valence electrons. The summed E-state index contributed by atoms with van der Waals surface area (Å²) in [6, 6.07) is 4.11. The van der Waals surface area contributed by atoms with Crippen LogP contribution in [-0.4, -0.2) is 28.7 Å². The minimum atomic E-state index is -0.164. The lowest BCUT2D eigenvalue weighted by Crippen LogP contribution is -2.19. The number of aryl methyl sites for hydroxylation is 1. The molecule has 0 heterocycles. The number of benzene rings is 1. The Bertz CT molecular complexity index is 663. The van der Waals surface area contributed by atoms with Crippen LogP contribution in [0.3, 0.4) is 0 Å². The number of esters is 1. The quantitative estimate of drug-likeness (QED) is 0.238. The maximum atomic E-state index is 12.4. The van der Waals surface area contributed by atoms with Crippen LogP contribution in [0.1, 0.15) is 117 Å². The number of phenols is 1. The number of hydrogen-bond donors (Lipinski definition) is 1. The molecular weight excluding hydrogens is 416 g/mol. The van der Waals surface area contributed by atoms with Crippen molar-refractivity contribution in [2.75, 3.05) is 11.5 Å². The molecule has 1 N–H and O–H groups in total. The first-order valence-electron chi connectivity index (χ1n) is 12.5. The zero-order valence-electron chi connectivity index (χ0n) is 22.0. The molecule has 0 radical (unpaired) electrons. The van der Waals surface area contributed by atoms with Gasteiger partial charge in [0.15, 0.2) is 0 Å². The number of unbranched alkanes of at least 4 members (excludes halogenated alkanes) is 5. The molecule has 0 amide bonds. The summed E-state index contributed by atoms with van der Waals surface area (Å²) < 4.78 is 5.64. The average Bonchev–Trinajstić information content (AvgIpc) is 2.67. The predicted octanol–water partition coefficient (Wildman–Crippen LogP) is 7.95. The Morgan fingerprint density at radius 2 is 1.50 bits per heavy atom. The molecule has 0 aliphatic heterocycles. The Morgan fingerprint density at radius 1 is 0.969 bits per heavy atom. The van der Waals surface area contributed by atoms with E-state index in [-0.39, 0.29) is 22.9 Å². The highest BCUT2D eigenvalue weighted by Crippen LogP contribution is 2.40. The summed E-state index contributed by atoms with van der Waals surface area (Å²) in [4.78, 5) is 12.4. The largest absolute Gasteiger partial charge is 0.507 e. The van der Waals surface area contributed by atoms with Gasteiger partial charge < -0.3 is 9.84 Å². The molecule has 0 aromatic heterocycles. The third-order valence-electron chi connectivity index (χ3n) is 5.73. The van der Waals surface area contributed by atoms with Crippen LogP contribution in [0.4, 0.5) is 0 Å². The number of rotatable bonds is 13. The lowest BCUT2D eigenvalue weighted by atomic mass is 9.78. The monoisotopic (exact) mass is 464 g/mol. The van der Waals surface area contributed by atoms with Crippen LogP contribution < -0.4 is 0 Å². The van der Waals surface area contributed by atoms with Gasteiger partial charge in [-0.15, -0.1) is 0 Å². The number of thioether (sulfide) groups is 1. The molecule has 0 fully saturated rings. The number of hydrogen-bond acceptors (Lipinski definition) is 4. The van der Waals surface area contributed by atoms with Crippen LogP contribution >= 0.6 is 11.8 Å². The Morgan fingerprint density at radius 3 is 2.03 bits per heavy atom. The van der Waals surface area contributed by atoms with Crippen molar-refractivity contribution < 1.29 is 14.6 Å². The van der Waals surface area contributed by atoms with Crippen LogP contribution in [0.15, 0.2) is 12.1 Å². The van der Waals surface area contributed by atoms with Gasteiger partial charge >= 0.3 is 5.97 Å². The second kappa shape index (κ2) is 13.5. The lowest BCUT2D eigenvalue weighted by Gasteiger charge is -2.28. The van der Waals surface area contributed by atoms with Crippen LogP contribution in [0, 0.1) is 0 Å². The molecule has 0 spiro atoms. The van der Waals surface area contributed by atoms with E-state index in [1.54, 1.807) is 0 Å². The molecule has 0 saturated heterocycles. The van der Waals surface area contributed by atoms with E-state index >= 15 is 0 Å². The van der Waals surface area contributed by atoms with E-state index in [1.165, 1.54) is 38.5 Å². The van der Waals surface area contributed by atoms with Crippen molar-refractivity contribution in [3.05, 3.63) is 28.8 Å². The summed E-state index contributed by atoms with van der Waals surface area (Å²) >= 11 is 1.89. The highest BCUT2D eigenvalue weighted by Gasteiger charge is 2.26. The summed E-state index contributed by atoms with van der Waals surface area (Å²) in [6.45, 7) is 16.9. The summed E-state index contributed by atoms with van der Waals surface area (Å²) in [7, 11) is 0. The zero-order valence-corrected chi connectivity index (χ0v) is 22.8. The molecule has 1 unspecified atom stereocenters. The van der Waals surface area contributed by atoms with Crippen molar-refractivity contribution in [2.24, 2.45) is 0 Å². The molecular formula is C28H48O3S. The van der Waals surface area contributed by atoms with Crippen LogP contribution in [0.5, 0.6) is 5.75 Å². The van der Waals surface area contributed by atoms with E-state index in [0.717, 1.165) is 28.2 Å². The fourth-order valence-corrected chi connectivity index (χ4v) is 4.75. The minimum Gasteiger partial charge on any atom is -0.507 e. The second-order valence-electron chi connectivity index (χ2n) is 11.2. The lowest BCUT2D eigenvalue weighted by molar-refractivity contribution is -0.147. The molecule has 3 nitrogen and oxygen atoms in total. The maximum absolute atomic E-state index is 12.4. The van der Waals surface area contributed by atoms with Crippen molar-refractivity contribution in [1.29, 1.82) is 0 Å². The molecule has 0 aliphatic carbocycles. The molecule has 1 aromatic carbocycles. The van der Waals surface area contributed by atoms with Gasteiger partial charge in [0.05, 0.1) is 0 Å². The van der Waals surface area contributed by atoms with E-state index in [2.05, 4.69) is 60.6 Å².